The lowest BCUT2D eigenvalue weighted by atomic mass is 9.98. The lowest BCUT2D eigenvalue weighted by Crippen LogP contribution is -2.41. The number of pyridine rings is 1. The molecule has 0 aliphatic carbocycles. The minimum Gasteiger partial charge on any atom is -0.384 e. The fourth-order valence-corrected chi connectivity index (χ4v) is 3.22. The summed E-state index contributed by atoms with van der Waals surface area (Å²) in [6, 6.07) is 8.52. The van der Waals surface area contributed by atoms with Gasteiger partial charge in [-0.1, -0.05) is 0 Å². The zero-order valence-corrected chi connectivity index (χ0v) is 14.2. The van der Waals surface area contributed by atoms with Crippen molar-refractivity contribution in [2.75, 3.05) is 26.8 Å². The van der Waals surface area contributed by atoms with Crippen LogP contribution in [0.25, 0.3) is 5.69 Å². The number of rotatable bonds is 4. The molecular formula is C19H21FN2O3. The minimum atomic E-state index is -0.374. The molecule has 0 bridgehead atoms. The molecule has 25 heavy (non-hydrogen) atoms. The van der Waals surface area contributed by atoms with Crippen molar-refractivity contribution in [3.63, 3.8) is 0 Å². The van der Waals surface area contributed by atoms with Crippen molar-refractivity contribution in [2.45, 2.75) is 12.8 Å². The highest BCUT2D eigenvalue weighted by Crippen LogP contribution is 2.19. The molecular weight excluding hydrogens is 323 g/mol. The number of benzene rings is 1. The third-order valence-electron chi connectivity index (χ3n) is 4.47. The Balaban J connectivity index is 1.85. The van der Waals surface area contributed by atoms with Gasteiger partial charge in [0.05, 0.1) is 12.2 Å². The number of halogens is 1. The Morgan fingerprint density at radius 3 is 2.72 bits per heavy atom. The molecule has 3 rings (SSSR count). The molecule has 1 aliphatic heterocycles. The molecule has 6 heteroatoms. The van der Waals surface area contributed by atoms with Crippen LogP contribution >= 0.6 is 0 Å². The number of ether oxygens (including phenoxy) is 1. The summed E-state index contributed by atoms with van der Waals surface area (Å²) in [5.41, 5.74) is 0.706. The van der Waals surface area contributed by atoms with Gasteiger partial charge < -0.3 is 9.64 Å². The highest BCUT2D eigenvalue weighted by Gasteiger charge is 2.24. The fraction of sp³-hybridized carbons (Fsp3) is 0.368. The van der Waals surface area contributed by atoms with Gasteiger partial charge in [0, 0.05) is 38.1 Å². The number of carbonyl (C=O) groups is 1. The van der Waals surface area contributed by atoms with Crippen molar-refractivity contribution in [1.82, 2.24) is 9.47 Å². The lowest BCUT2D eigenvalue weighted by Gasteiger charge is -2.32. The van der Waals surface area contributed by atoms with E-state index in [1.165, 1.54) is 41.1 Å². The maximum Gasteiger partial charge on any atom is 0.255 e. The third-order valence-corrected chi connectivity index (χ3v) is 4.47. The van der Waals surface area contributed by atoms with Gasteiger partial charge in [0.15, 0.2) is 0 Å². The molecule has 0 unspecified atom stereocenters. The van der Waals surface area contributed by atoms with Crippen LogP contribution in [-0.2, 0) is 4.74 Å². The van der Waals surface area contributed by atoms with E-state index in [2.05, 4.69) is 0 Å². The molecule has 0 N–H and O–H groups in total. The molecule has 2 heterocycles. The van der Waals surface area contributed by atoms with E-state index in [4.69, 9.17) is 4.74 Å². The molecule has 1 atom stereocenters. The van der Waals surface area contributed by atoms with Gasteiger partial charge >= 0.3 is 0 Å². The number of amides is 1. The second-order valence-corrected chi connectivity index (χ2v) is 6.32. The first-order valence-electron chi connectivity index (χ1n) is 8.35. The topological polar surface area (TPSA) is 51.5 Å². The average Bonchev–Trinajstić information content (AvgIpc) is 2.63. The standard InChI is InChI=1S/C19H21FN2O3/c1-25-13-14-3-2-10-21(11-14)19(24)15-4-9-18(23)22(12-15)17-7-5-16(20)6-8-17/h4-9,12,14H,2-3,10-11,13H2,1H3/t14-/m0/s1. The molecule has 5 nitrogen and oxygen atoms in total. The SMILES string of the molecule is COC[C@H]1CCCN(C(=O)c2ccc(=O)n(-c3ccc(F)cc3)c2)C1. The van der Waals surface area contributed by atoms with Crippen molar-refractivity contribution in [3.8, 4) is 5.69 Å². The Bertz CT molecular complexity index is 799. The Morgan fingerprint density at radius 1 is 1.24 bits per heavy atom. The van der Waals surface area contributed by atoms with Gasteiger partial charge in [0.2, 0.25) is 0 Å². The summed E-state index contributed by atoms with van der Waals surface area (Å²) in [7, 11) is 1.67. The Morgan fingerprint density at radius 2 is 2.00 bits per heavy atom. The summed E-state index contributed by atoms with van der Waals surface area (Å²) in [6.45, 7) is 2.00. The molecule has 2 aromatic rings. The van der Waals surface area contributed by atoms with Crippen LogP contribution in [-0.4, -0.2) is 42.2 Å². The Labute approximate surface area is 145 Å². The number of piperidine rings is 1. The molecule has 132 valence electrons. The van der Waals surface area contributed by atoms with Gasteiger partial charge in [-0.2, -0.15) is 0 Å². The first-order chi connectivity index (χ1) is 12.1. The summed E-state index contributed by atoms with van der Waals surface area (Å²) in [4.78, 5) is 26.7. The second kappa shape index (κ2) is 7.61. The minimum absolute atomic E-state index is 0.100. The summed E-state index contributed by atoms with van der Waals surface area (Å²) >= 11 is 0. The van der Waals surface area contributed by atoms with Crippen molar-refractivity contribution in [3.05, 3.63) is 64.3 Å². The molecule has 0 spiro atoms. The highest BCUT2D eigenvalue weighted by molar-refractivity contribution is 5.94. The van der Waals surface area contributed by atoms with E-state index in [-0.39, 0.29) is 17.3 Å². The monoisotopic (exact) mass is 344 g/mol. The first kappa shape index (κ1) is 17.4. The quantitative estimate of drug-likeness (QED) is 0.856. The van der Waals surface area contributed by atoms with Crippen LogP contribution in [0.3, 0.4) is 0 Å². The van der Waals surface area contributed by atoms with Crippen LogP contribution < -0.4 is 5.56 Å². The molecule has 0 radical (unpaired) electrons. The summed E-state index contributed by atoms with van der Waals surface area (Å²) < 4.78 is 19.7. The van der Waals surface area contributed by atoms with Crippen LogP contribution in [0.2, 0.25) is 0 Å². The molecule has 1 aromatic heterocycles. The molecule has 1 aliphatic rings. The number of hydrogen-bond donors (Lipinski definition) is 0. The lowest BCUT2D eigenvalue weighted by molar-refractivity contribution is 0.0570. The van der Waals surface area contributed by atoms with Crippen molar-refractivity contribution >= 4 is 5.91 Å². The predicted octanol–water partition coefficient (Wildman–Crippen LogP) is 2.48. The largest absolute Gasteiger partial charge is 0.384 e. The maximum absolute atomic E-state index is 13.1. The summed E-state index contributed by atoms with van der Waals surface area (Å²) in [5.74, 6) is -0.135. The van der Waals surface area contributed by atoms with Crippen molar-refractivity contribution in [1.29, 1.82) is 0 Å². The van der Waals surface area contributed by atoms with Crippen molar-refractivity contribution < 1.29 is 13.9 Å². The molecule has 1 aromatic carbocycles. The Kier molecular flexibility index (Phi) is 5.28. The molecule has 1 fully saturated rings. The normalized spacial score (nSPS) is 17.5. The first-order valence-corrected chi connectivity index (χ1v) is 8.35. The van der Waals surface area contributed by atoms with Gasteiger partial charge in [0.25, 0.3) is 11.5 Å². The summed E-state index contributed by atoms with van der Waals surface area (Å²) in [5, 5.41) is 0. The van der Waals surface area contributed by atoms with Gasteiger partial charge in [-0.25, -0.2) is 4.39 Å². The zero-order chi connectivity index (χ0) is 17.8. The average molecular weight is 344 g/mol. The second-order valence-electron chi connectivity index (χ2n) is 6.32. The molecule has 1 amide bonds. The number of nitrogens with zero attached hydrogens (tertiary/aromatic N) is 2. The van der Waals surface area contributed by atoms with E-state index < -0.39 is 0 Å². The van der Waals surface area contributed by atoms with Crippen LogP contribution in [0.5, 0.6) is 0 Å². The Hall–Kier alpha value is -2.47. The van der Waals surface area contributed by atoms with Gasteiger partial charge in [-0.05, 0) is 49.1 Å². The van der Waals surface area contributed by atoms with E-state index in [9.17, 15) is 14.0 Å². The van der Waals surface area contributed by atoms with E-state index in [0.29, 0.717) is 36.9 Å². The van der Waals surface area contributed by atoms with E-state index in [1.54, 1.807) is 13.2 Å². The number of hydrogen-bond acceptors (Lipinski definition) is 3. The number of carbonyl (C=O) groups excluding carboxylic acids is 1. The van der Waals surface area contributed by atoms with E-state index >= 15 is 0 Å². The van der Waals surface area contributed by atoms with Gasteiger partial charge in [0.1, 0.15) is 5.82 Å². The summed E-state index contributed by atoms with van der Waals surface area (Å²) in [6.07, 6.45) is 3.52. The van der Waals surface area contributed by atoms with Crippen LogP contribution in [0, 0.1) is 11.7 Å². The number of methoxy groups -OCH3 is 1. The number of likely N-dealkylation sites (tertiary alicyclic amines) is 1. The van der Waals surface area contributed by atoms with Crippen LogP contribution in [0.15, 0.2) is 47.4 Å². The predicted molar refractivity (Wildman–Crippen MR) is 92.5 cm³/mol. The van der Waals surface area contributed by atoms with Crippen molar-refractivity contribution in [2.24, 2.45) is 5.92 Å². The van der Waals surface area contributed by atoms with Crippen LogP contribution in [0.4, 0.5) is 4.39 Å². The molecule has 0 saturated carbocycles. The van der Waals surface area contributed by atoms with E-state index in [1.807, 2.05) is 4.90 Å². The smallest absolute Gasteiger partial charge is 0.255 e. The highest BCUT2D eigenvalue weighted by atomic mass is 19.1. The molecule has 1 saturated heterocycles. The number of aromatic nitrogens is 1. The zero-order valence-electron chi connectivity index (χ0n) is 14.2. The third kappa shape index (κ3) is 3.96. The fourth-order valence-electron chi connectivity index (χ4n) is 3.22. The van der Waals surface area contributed by atoms with E-state index in [0.717, 1.165) is 12.8 Å². The van der Waals surface area contributed by atoms with Crippen LogP contribution in [0.1, 0.15) is 23.2 Å². The van der Waals surface area contributed by atoms with Gasteiger partial charge in [-0.3, -0.25) is 14.2 Å². The van der Waals surface area contributed by atoms with Gasteiger partial charge in [-0.15, -0.1) is 0 Å². The maximum atomic E-state index is 13.1.